The summed E-state index contributed by atoms with van der Waals surface area (Å²) in [5, 5.41) is 9.37. The van der Waals surface area contributed by atoms with Gasteiger partial charge < -0.3 is 25.1 Å². The van der Waals surface area contributed by atoms with Crippen LogP contribution >= 0.6 is 0 Å². The smallest absolute Gasteiger partial charge is 0.316 e. The molecule has 0 amide bonds. The Labute approximate surface area is 111 Å². The van der Waals surface area contributed by atoms with Crippen LogP contribution < -0.4 is 15.2 Å². The number of carbonyl (C=O) groups is 1. The molecule has 1 aliphatic heterocycles. The maximum Gasteiger partial charge on any atom is 0.316 e. The average molecular weight is 267 g/mol. The highest BCUT2D eigenvalue weighted by atomic mass is 16.5. The van der Waals surface area contributed by atoms with Crippen LogP contribution in [0.15, 0.2) is 18.2 Å². The van der Waals surface area contributed by atoms with Crippen molar-refractivity contribution in [1.29, 1.82) is 0 Å². The summed E-state index contributed by atoms with van der Waals surface area (Å²) < 4.78 is 15.4. The summed E-state index contributed by atoms with van der Waals surface area (Å²) in [6.07, 6.45) is 0. The van der Waals surface area contributed by atoms with E-state index in [1.54, 1.807) is 18.2 Å². The lowest BCUT2D eigenvalue weighted by molar-refractivity contribution is -0.184. The molecule has 1 atom stereocenters. The van der Waals surface area contributed by atoms with Gasteiger partial charge in [0.05, 0.1) is 33.5 Å². The van der Waals surface area contributed by atoms with Crippen molar-refractivity contribution >= 4 is 5.97 Å². The lowest BCUT2D eigenvalue weighted by atomic mass is 9.75. The quantitative estimate of drug-likeness (QED) is 0.820. The van der Waals surface area contributed by atoms with E-state index < -0.39 is 17.4 Å². The van der Waals surface area contributed by atoms with Gasteiger partial charge in [-0.3, -0.25) is 4.79 Å². The van der Waals surface area contributed by atoms with Crippen LogP contribution in [-0.2, 0) is 9.53 Å². The van der Waals surface area contributed by atoms with Crippen LogP contribution in [0.1, 0.15) is 11.6 Å². The van der Waals surface area contributed by atoms with Crippen molar-refractivity contribution < 1.29 is 24.1 Å². The Morgan fingerprint density at radius 2 is 2.11 bits per heavy atom. The van der Waals surface area contributed by atoms with Crippen LogP contribution in [-0.4, -0.2) is 38.5 Å². The second-order valence-electron chi connectivity index (χ2n) is 4.54. The summed E-state index contributed by atoms with van der Waals surface area (Å²) in [4.78, 5) is 11.4. The van der Waals surface area contributed by atoms with E-state index in [0.717, 1.165) is 0 Å². The molecule has 1 aliphatic rings. The molecule has 1 heterocycles. The fourth-order valence-corrected chi connectivity index (χ4v) is 2.14. The summed E-state index contributed by atoms with van der Waals surface area (Å²) in [6, 6.07) is 4.43. The number of methoxy groups -OCH3 is 2. The molecule has 1 fully saturated rings. The number of ether oxygens (including phenoxy) is 3. The third-order valence-electron chi connectivity index (χ3n) is 3.51. The predicted molar refractivity (Wildman–Crippen MR) is 67.4 cm³/mol. The Bertz CT molecular complexity index is 484. The molecular weight excluding hydrogens is 250 g/mol. The van der Waals surface area contributed by atoms with Crippen LogP contribution in [0, 0.1) is 5.41 Å². The van der Waals surface area contributed by atoms with Crippen molar-refractivity contribution in [2.45, 2.75) is 6.04 Å². The van der Waals surface area contributed by atoms with E-state index in [0.29, 0.717) is 17.1 Å². The molecule has 1 aromatic rings. The minimum absolute atomic E-state index is 0.101. The fourth-order valence-electron chi connectivity index (χ4n) is 2.14. The summed E-state index contributed by atoms with van der Waals surface area (Å²) >= 11 is 0. The van der Waals surface area contributed by atoms with Gasteiger partial charge in [0.1, 0.15) is 16.9 Å². The molecule has 19 heavy (non-hydrogen) atoms. The van der Waals surface area contributed by atoms with Gasteiger partial charge in [-0.25, -0.2) is 0 Å². The monoisotopic (exact) mass is 267 g/mol. The minimum Gasteiger partial charge on any atom is -0.497 e. The summed E-state index contributed by atoms with van der Waals surface area (Å²) in [6.45, 7) is 0.202. The number of hydrogen-bond donors (Lipinski definition) is 2. The molecule has 1 unspecified atom stereocenters. The number of benzene rings is 1. The first-order valence-electron chi connectivity index (χ1n) is 5.84. The lowest BCUT2D eigenvalue weighted by Gasteiger charge is -2.42. The summed E-state index contributed by atoms with van der Waals surface area (Å²) in [5.41, 5.74) is 5.65. The minimum atomic E-state index is -1.10. The number of carboxylic acid groups (broad SMARTS) is 1. The SMILES string of the molecule is COc1ccc(OC)c(C(N)C2(C(=O)O)COC2)c1. The third-order valence-corrected chi connectivity index (χ3v) is 3.51. The Hall–Kier alpha value is -1.79. The molecule has 1 aromatic carbocycles. The van der Waals surface area contributed by atoms with Crippen LogP contribution in [0.4, 0.5) is 0 Å². The van der Waals surface area contributed by atoms with E-state index in [2.05, 4.69) is 0 Å². The molecule has 6 heteroatoms. The summed E-state index contributed by atoms with van der Waals surface area (Å²) in [7, 11) is 3.05. The van der Waals surface area contributed by atoms with Crippen LogP contribution in [0.25, 0.3) is 0 Å². The second-order valence-corrected chi connectivity index (χ2v) is 4.54. The highest BCUT2D eigenvalue weighted by Gasteiger charge is 2.52. The Balaban J connectivity index is 2.42. The lowest BCUT2D eigenvalue weighted by Crippen LogP contribution is -2.55. The number of hydrogen-bond acceptors (Lipinski definition) is 5. The standard InChI is InChI=1S/C13H17NO5/c1-17-8-3-4-10(18-2)9(5-8)11(14)13(12(15)16)6-19-7-13/h3-5,11H,6-7,14H2,1-2H3,(H,15,16). The normalized spacial score (nSPS) is 18.3. The predicted octanol–water partition coefficient (Wildman–Crippen LogP) is 0.805. The van der Waals surface area contributed by atoms with E-state index in [1.165, 1.54) is 14.2 Å². The van der Waals surface area contributed by atoms with E-state index in [-0.39, 0.29) is 13.2 Å². The molecule has 0 saturated carbocycles. The van der Waals surface area contributed by atoms with E-state index in [1.807, 2.05) is 0 Å². The van der Waals surface area contributed by atoms with E-state index >= 15 is 0 Å². The molecule has 104 valence electrons. The molecule has 0 aromatic heterocycles. The average Bonchev–Trinajstić information content (AvgIpc) is 2.36. The highest BCUT2D eigenvalue weighted by molar-refractivity contribution is 5.77. The van der Waals surface area contributed by atoms with Crippen molar-refractivity contribution in [2.75, 3.05) is 27.4 Å². The Kier molecular flexibility index (Phi) is 3.64. The van der Waals surface area contributed by atoms with Crippen LogP contribution in [0.3, 0.4) is 0 Å². The zero-order chi connectivity index (χ0) is 14.0. The topological polar surface area (TPSA) is 91.0 Å². The van der Waals surface area contributed by atoms with Gasteiger partial charge in [-0.2, -0.15) is 0 Å². The molecule has 0 aliphatic carbocycles. The molecule has 1 saturated heterocycles. The largest absolute Gasteiger partial charge is 0.497 e. The molecule has 0 spiro atoms. The van der Waals surface area contributed by atoms with Gasteiger partial charge in [-0.15, -0.1) is 0 Å². The fraction of sp³-hybridized carbons (Fsp3) is 0.462. The van der Waals surface area contributed by atoms with Crippen LogP contribution in [0.2, 0.25) is 0 Å². The van der Waals surface area contributed by atoms with Gasteiger partial charge >= 0.3 is 5.97 Å². The third kappa shape index (κ3) is 2.13. The Morgan fingerprint density at radius 1 is 1.42 bits per heavy atom. The molecule has 2 rings (SSSR count). The van der Waals surface area contributed by atoms with Gasteiger partial charge in [0.2, 0.25) is 0 Å². The zero-order valence-electron chi connectivity index (χ0n) is 10.9. The number of nitrogens with two attached hydrogens (primary N) is 1. The zero-order valence-corrected chi connectivity index (χ0v) is 10.9. The van der Waals surface area contributed by atoms with Crippen molar-refractivity contribution in [3.8, 4) is 11.5 Å². The highest BCUT2D eigenvalue weighted by Crippen LogP contribution is 2.43. The van der Waals surface area contributed by atoms with Gasteiger partial charge in [-0.05, 0) is 18.2 Å². The van der Waals surface area contributed by atoms with Crippen molar-refractivity contribution in [3.63, 3.8) is 0 Å². The van der Waals surface area contributed by atoms with E-state index in [4.69, 9.17) is 19.9 Å². The first kappa shape index (κ1) is 13.6. The number of aliphatic carboxylic acids is 1. The molecule has 0 radical (unpaired) electrons. The van der Waals surface area contributed by atoms with Gasteiger partial charge in [-0.1, -0.05) is 0 Å². The first-order chi connectivity index (χ1) is 9.05. The molecular formula is C13H17NO5. The number of carboxylic acids is 1. The Morgan fingerprint density at radius 3 is 2.53 bits per heavy atom. The second kappa shape index (κ2) is 5.07. The molecule has 0 bridgehead atoms. The molecule has 6 nitrogen and oxygen atoms in total. The maximum absolute atomic E-state index is 11.4. The van der Waals surface area contributed by atoms with Gasteiger partial charge in [0, 0.05) is 5.56 Å². The first-order valence-corrected chi connectivity index (χ1v) is 5.84. The van der Waals surface area contributed by atoms with Crippen molar-refractivity contribution in [2.24, 2.45) is 11.1 Å². The van der Waals surface area contributed by atoms with Crippen molar-refractivity contribution in [1.82, 2.24) is 0 Å². The van der Waals surface area contributed by atoms with Crippen LogP contribution in [0.5, 0.6) is 11.5 Å². The maximum atomic E-state index is 11.4. The number of rotatable bonds is 5. The molecule has 3 N–H and O–H groups in total. The van der Waals surface area contributed by atoms with Gasteiger partial charge in [0.25, 0.3) is 0 Å². The van der Waals surface area contributed by atoms with E-state index in [9.17, 15) is 9.90 Å². The van der Waals surface area contributed by atoms with Gasteiger partial charge in [0.15, 0.2) is 0 Å². The summed E-state index contributed by atoms with van der Waals surface area (Å²) in [5.74, 6) is 0.184. The van der Waals surface area contributed by atoms with Crippen molar-refractivity contribution in [3.05, 3.63) is 23.8 Å².